The predicted molar refractivity (Wildman–Crippen MR) is 70.9 cm³/mol. The fourth-order valence-electron chi connectivity index (χ4n) is 3.16. The lowest BCUT2D eigenvalue weighted by atomic mass is 9.83. The number of ether oxygens (including phenoxy) is 1. The zero-order valence-corrected chi connectivity index (χ0v) is 11.1. The topological polar surface area (TPSA) is 49.8 Å². The molecule has 1 aliphatic carbocycles. The van der Waals surface area contributed by atoms with Crippen LogP contribution in [-0.2, 0) is 22.5 Å². The van der Waals surface area contributed by atoms with Crippen LogP contribution >= 0.6 is 0 Å². The van der Waals surface area contributed by atoms with E-state index >= 15 is 0 Å². The number of carboxylic acid groups (broad SMARTS) is 1. The third-order valence-electron chi connectivity index (χ3n) is 4.44. The third-order valence-corrected chi connectivity index (χ3v) is 4.44. The van der Waals surface area contributed by atoms with E-state index in [1.54, 1.807) is 7.11 Å². The van der Waals surface area contributed by atoms with E-state index < -0.39 is 12.0 Å². The van der Waals surface area contributed by atoms with E-state index in [0.717, 1.165) is 19.4 Å². The van der Waals surface area contributed by atoms with E-state index in [-0.39, 0.29) is 0 Å². The standard InChI is InChI=1S/C15H19NO3/c1-19-13-7-12(8-13)16-9-11-5-3-2-4-10(11)6-14(16)15(17)18/h2-5,12-14H,6-9H2,1H3,(H,17,18). The van der Waals surface area contributed by atoms with Crippen LogP contribution in [0.15, 0.2) is 24.3 Å². The van der Waals surface area contributed by atoms with Gasteiger partial charge in [-0.15, -0.1) is 0 Å². The smallest absolute Gasteiger partial charge is 0.321 e. The number of hydrogen-bond donors (Lipinski definition) is 1. The van der Waals surface area contributed by atoms with Crippen molar-refractivity contribution in [3.8, 4) is 0 Å². The first-order chi connectivity index (χ1) is 9.19. The van der Waals surface area contributed by atoms with Crippen molar-refractivity contribution in [1.29, 1.82) is 0 Å². The summed E-state index contributed by atoms with van der Waals surface area (Å²) in [5.74, 6) is -0.713. The van der Waals surface area contributed by atoms with Gasteiger partial charge in [-0.2, -0.15) is 0 Å². The lowest BCUT2D eigenvalue weighted by molar-refractivity contribution is -0.148. The summed E-state index contributed by atoms with van der Waals surface area (Å²) >= 11 is 0. The van der Waals surface area contributed by atoms with Crippen molar-refractivity contribution in [2.75, 3.05) is 7.11 Å². The summed E-state index contributed by atoms with van der Waals surface area (Å²) in [6.45, 7) is 0.744. The first kappa shape index (κ1) is 12.6. The minimum atomic E-state index is -0.713. The molecule has 1 fully saturated rings. The van der Waals surface area contributed by atoms with E-state index in [2.05, 4.69) is 11.0 Å². The molecule has 1 aromatic rings. The van der Waals surface area contributed by atoms with Gasteiger partial charge in [0.15, 0.2) is 0 Å². The van der Waals surface area contributed by atoms with E-state index in [0.29, 0.717) is 18.6 Å². The molecule has 1 N–H and O–H groups in total. The summed E-state index contributed by atoms with van der Waals surface area (Å²) in [7, 11) is 1.72. The van der Waals surface area contributed by atoms with Gasteiger partial charge in [-0.05, 0) is 30.4 Å². The number of benzene rings is 1. The molecule has 0 spiro atoms. The normalized spacial score (nSPS) is 30.5. The van der Waals surface area contributed by atoms with Crippen LogP contribution in [0.25, 0.3) is 0 Å². The fraction of sp³-hybridized carbons (Fsp3) is 0.533. The van der Waals surface area contributed by atoms with Crippen LogP contribution < -0.4 is 0 Å². The van der Waals surface area contributed by atoms with Crippen LogP contribution in [0, 0.1) is 0 Å². The van der Waals surface area contributed by atoms with Crippen molar-refractivity contribution in [2.24, 2.45) is 0 Å². The van der Waals surface area contributed by atoms with Crippen LogP contribution in [-0.4, -0.2) is 41.3 Å². The summed E-state index contributed by atoms with van der Waals surface area (Å²) in [6.07, 6.45) is 2.81. The molecule has 1 atom stereocenters. The largest absolute Gasteiger partial charge is 0.480 e. The molecule has 1 unspecified atom stereocenters. The van der Waals surface area contributed by atoms with Crippen LogP contribution in [0.3, 0.4) is 0 Å². The highest BCUT2D eigenvalue weighted by Gasteiger charge is 2.41. The molecule has 0 saturated heterocycles. The molecule has 0 amide bonds. The van der Waals surface area contributed by atoms with E-state index in [9.17, 15) is 9.90 Å². The molecule has 1 aliphatic heterocycles. The van der Waals surface area contributed by atoms with Gasteiger partial charge in [0, 0.05) is 19.7 Å². The second-order valence-electron chi connectivity index (χ2n) is 5.48. The zero-order valence-electron chi connectivity index (χ0n) is 11.1. The average molecular weight is 261 g/mol. The highest BCUT2D eigenvalue weighted by Crippen LogP contribution is 2.34. The number of nitrogens with zero attached hydrogens (tertiary/aromatic N) is 1. The molecule has 0 bridgehead atoms. The van der Waals surface area contributed by atoms with Gasteiger partial charge in [0.05, 0.1) is 6.10 Å². The van der Waals surface area contributed by atoms with Gasteiger partial charge in [0.1, 0.15) is 6.04 Å². The van der Waals surface area contributed by atoms with E-state index in [1.807, 2.05) is 18.2 Å². The monoisotopic (exact) mass is 261 g/mol. The maximum atomic E-state index is 11.5. The Labute approximate surface area is 113 Å². The van der Waals surface area contributed by atoms with Crippen molar-refractivity contribution < 1.29 is 14.6 Å². The van der Waals surface area contributed by atoms with E-state index in [1.165, 1.54) is 11.1 Å². The SMILES string of the molecule is COC1CC(N2Cc3ccccc3CC2C(=O)O)C1. The molecule has 4 heteroatoms. The van der Waals surface area contributed by atoms with Crippen molar-refractivity contribution in [2.45, 2.75) is 44.0 Å². The minimum Gasteiger partial charge on any atom is -0.480 e. The third kappa shape index (κ3) is 2.26. The summed E-state index contributed by atoms with van der Waals surface area (Å²) in [5, 5.41) is 9.45. The Morgan fingerprint density at radius 3 is 2.63 bits per heavy atom. The number of carboxylic acids is 1. The van der Waals surface area contributed by atoms with Gasteiger partial charge in [0.2, 0.25) is 0 Å². The van der Waals surface area contributed by atoms with Crippen LogP contribution in [0.4, 0.5) is 0 Å². The number of methoxy groups -OCH3 is 1. The average Bonchev–Trinajstić information content (AvgIpc) is 2.36. The van der Waals surface area contributed by atoms with Crippen LogP contribution in [0.5, 0.6) is 0 Å². The van der Waals surface area contributed by atoms with Gasteiger partial charge >= 0.3 is 5.97 Å². The molecule has 1 heterocycles. The van der Waals surface area contributed by atoms with Gasteiger partial charge in [-0.3, -0.25) is 9.69 Å². The Hall–Kier alpha value is -1.39. The second-order valence-corrected chi connectivity index (χ2v) is 5.48. The lowest BCUT2D eigenvalue weighted by Gasteiger charge is -2.46. The molecule has 4 nitrogen and oxygen atoms in total. The fourth-order valence-corrected chi connectivity index (χ4v) is 3.16. The molecule has 1 saturated carbocycles. The Bertz CT molecular complexity index is 482. The van der Waals surface area contributed by atoms with Gasteiger partial charge in [-0.1, -0.05) is 24.3 Å². The predicted octanol–water partition coefficient (Wildman–Crippen LogP) is 1.68. The number of hydrogen-bond acceptors (Lipinski definition) is 3. The van der Waals surface area contributed by atoms with Gasteiger partial charge in [0.25, 0.3) is 0 Å². The Morgan fingerprint density at radius 1 is 1.32 bits per heavy atom. The summed E-state index contributed by atoms with van der Waals surface area (Å²) in [6, 6.07) is 8.11. The van der Waals surface area contributed by atoms with Crippen molar-refractivity contribution in [3.63, 3.8) is 0 Å². The van der Waals surface area contributed by atoms with Crippen molar-refractivity contribution in [3.05, 3.63) is 35.4 Å². The first-order valence-corrected chi connectivity index (χ1v) is 6.77. The molecular weight excluding hydrogens is 242 g/mol. The second kappa shape index (κ2) is 4.94. The summed E-state index contributed by atoms with van der Waals surface area (Å²) in [4.78, 5) is 13.6. The Balaban J connectivity index is 1.80. The highest BCUT2D eigenvalue weighted by molar-refractivity contribution is 5.74. The van der Waals surface area contributed by atoms with Crippen LogP contribution in [0.1, 0.15) is 24.0 Å². The molecular formula is C15H19NO3. The van der Waals surface area contributed by atoms with Gasteiger partial charge in [-0.25, -0.2) is 0 Å². The molecule has 3 rings (SSSR count). The lowest BCUT2D eigenvalue weighted by Crippen LogP contribution is -2.56. The van der Waals surface area contributed by atoms with Gasteiger partial charge < -0.3 is 9.84 Å². The Kier molecular flexibility index (Phi) is 3.29. The number of rotatable bonds is 3. The summed E-state index contributed by atoms with van der Waals surface area (Å²) < 4.78 is 5.30. The molecule has 1 aromatic carbocycles. The maximum Gasteiger partial charge on any atom is 0.321 e. The molecule has 0 aromatic heterocycles. The summed E-state index contributed by atoms with van der Waals surface area (Å²) in [5.41, 5.74) is 2.44. The molecule has 2 aliphatic rings. The molecule has 102 valence electrons. The molecule has 19 heavy (non-hydrogen) atoms. The van der Waals surface area contributed by atoms with E-state index in [4.69, 9.17) is 4.74 Å². The molecule has 0 radical (unpaired) electrons. The number of aliphatic carboxylic acids is 1. The highest BCUT2D eigenvalue weighted by atomic mass is 16.5. The van der Waals surface area contributed by atoms with Crippen molar-refractivity contribution >= 4 is 5.97 Å². The first-order valence-electron chi connectivity index (χ1n) is 6.77. The zero-order chi connectivity index (χ0) is 13.4. The Morgan fingerprint density at radius 2 is 2.00 bits per heavy atom. The number of carbonyl (C=O) groups is 1. The van der Waals surface area contributed by atoms with Crippen molar-refractivity contribution in [1.82, 2.24) is 4.90 Å². The number of fused-ring (bicyclic) bond motifs is 1. The van der Waals surface area contributed by atoms with Crippen LogP contribution in [0.2, 0.25) is 0 Å². The maximum absolute atomic E-state index is 11.5. The minimum absolute atomic E-state index is 0.302. The quantitative estimate of drug-likeness (QED) is 0.899.